The number of ether oxygens (including phenoxy) is 3. The van der Waals surface area contributed by atoms with Gasteiger partial charge in [-0.25, -0.2) is 14.4 Å². The Balaban J connectivity index is 0.000000247. The number of nitriles is 1. The number of fused-ring (bicyclic) bond motifs is 1. The molecule has 1 aliphatic heterocycles. The second-order valence-corrected chi connectivity index (χ2v) is 11.6. The average Bonchev–Trinajstić information content (AvgIpc) is 3.28. The van der Waals surface area contributed by atoms with Gasteiger partial charge in [-0.2, -0.15) is 10.2 Å². The van der Waals surface area contributed by atoms with Gasteiger partial charge in [-0.05, 0) is 74.4 Å². The van der Waals surface area contributed by atoms with Crippen molar-refractivity contribution in [1.82, 2.24) is 19.5 Å². The summed E-state index contributed by atoms with van der Waals surface area (Å²) in [6.45, 7) is 13.8. The van der Waals surface area contributed by atoms with E-state index in [2.05, 4.69) is 35.4 Å². The number of imidazole rings is 1. The van der Waals surface area contributed by atoms with Crippen LogP contribution in [0.5, 0.6) is 11.6 Å². The third-order valence-electron chi connectivity index (χ3n) is 7.85. The number of benzene rings is 2. The van der Waals surface area contributed by atoms with E-state index < -0.39 is 5.82 Å². The number of aryl methyl sites for hydroxylation is 2. The van der Waals surface area contributed by atoms with Gasteiger partial charge in [0.05, 0.1) is 22.7 Å². The average molecular weight is 661 g/mol. The molecule has 3 heterocycles. The molecule has 6 rings (SSSR count). The van der Waals surface area contributed by atoms with E-state index >= 15 is 0 Å². The number of nitrogens with two attached hydrogens (primary N) is 1. The molecule has 0 amide bonds. The van der Waals surface area contributed by atoms with E-state index in [-0.39, 0.29) is 35.8 Å². The zero-order valence-electron chi connectivity index (χ0n) is 28.8. The molecular weight excluding hydrogens is 611 g/mol. The van der Waals surface area contributed by atoms with Crippen LogP contribution >= 0.6 is 0 Å². The summed E-state index contributed by atoms with van der Waals surface area (Å²) in [6.07, 6.45) is 7.67. The van der Waals surface area contributed by atoms with Crippen molar-refractivity contribution in [3.8, 4) is 17.7 Å². The maximum atomic E-state index is 13.9. The third kappa shape index (κ3) is 11.3. The largest absolute Gasteiger partial charge is 0.508 e. The first-order valence-electron chi connectivity index (χ1n) is 16.6. The lowest BCUT2D eigenvalue weighted by Gasteiger charge is -2.20. The first kappa shape index (κ1) is 37.9. The summed E-state index contributed by atoms with van der Waals surface area (Å²) in [6, 6.07) is 13.4. The molecule has 0 radical (unpaired) electrons. The zero-order valence-corrected chi connectivity index (χ0v) is 28.8. The molecule has 2 fully saturated rings. The predicted octanol–water partition coefficient (Wildman–Crippen LogP) is 7.45. The number of nitrogens with zero attached hydrogens (tertiary/aromatic N) is 5. The summed E-state index contributed by atoms with van der Waals surface area (Å²) in [5.41, 5.74) is 9.10. The van der Waals surface area contributed by atoms with E-state index in [0.717, 1.165) is 73.8 Å². The minimum absolute atomic E-state index is 0.000599. The van der Waals surface area contributed by atoms with Crippen LogP contribution in [0.15, 0.2) is 55.2 Å². The van der Waals surface area contributed by atoms with Gasteiger partial charge in [0.1, 0.15) is 24.3 Å². The minimum atomic E-state index is -0.595. The van der Waals surface area contributed by atoms with E-state index in [1.807, 2.05) is 49.7 Å². The number of hydrogen-bond acceptors (Lipinski definition) is 9. The molecular formula is C37H49FN6O4. The van der Waals surface area contributed by atoms with Gasteiger partial charge < -0.3 is 29.6 Å². The van der Waals surface area contributed by atoms with Crippen molar-refractivity contribution in [3.05, 3.63) is 83.8 Å². The quantitative estimate of drug-likeness (QED) is 0.153. The Labute approximate surface area is 283 Å². The molecule has 1 saturated carbocycles. The smallest absolute Gasteiger partial charge is 0.216 e. The van der Waals surface area contributed by atoms with Crippen LogP contribution in [0.3, 0.4) is 0 Å². The van der Waals surface area contributed by atoms with Gasteiger partial charge in [0.2, 0.25) is 5.88 Å². The first-order valence-corrected chi connectivity index (χ1v) is 16.6. The Bertz CT molecular complexity index is 1630. The number of aliphatic hydroxyl groups excluding tert-OH is 1. The summed E-state index contributed by atoms with van der Waals surface area (Å²) in [5, 5.41) is 18.1. The second kappa shape index (κ2) is 19.3. The molecule has 2 aromatic carbocycles. The van der Waals surface area contributed by atoms with E-state index in [1.165, 1.54) is 18.6 Å². The monoisotopic (exact) mass is 660 g/mol. The Morgan fingerprint density at radius 2 is 1.88 bits per heavy atom. The Morgan fingerprint density at radius 1 is 1.15 bits per heavy atom. The van der Waals surface area contributed by atoms with Crippen molar-refractivity contribution < 1.29 is 23.7 Å². The van der Waals surface area contributed by atoms with E-state index in [4.69, 9.17) is 25.2 Å². The van der Waals surface area contributed by atoms with Crippen LogP contribution in [-0.2, 0) is 24.8 Å². The molecule has 3 atom stereocenters. The topological polar surface area (TPSA) is 141 Å². The maximum Gasteiger partial charge on any atom is 0.216 e. The molecule has 10 nitrogen and oxygen atoms in total. The third-order valence-corrected chi connectivity index (χ3v) is 7.85. The Hall–Kier alpha value is -4.53. The lowest BCUT2D eigenvalue weighted by atomic mass is 10.0. The molecule has 1 saturated heterocycles. The molecule has 0 bridgehead atoms. The molecule has 0 spiro atoms. The molecule has 258 valence electrons. The highest BCUT2D eigenvalue weighted by molar-refractivity contribution is 5.80. The van der Waals surface area contributed by atoms with E-state index in [1.54, 1.807) is 12.3 Å². The van der Waals surface area contributed by atoms with Crippen LogP contribution in [0, 0.1) is 23.1 Å². The van der Waals surface area contributed by atoms with Crippen LogP contribution in [0.4, 0.5) is 4.39 Å². The van der Waals surface area contributed by atoms with Crippen LogP contribution in [0.25, 0.3) is 16.8 Å². The number of hydrogen-bond donors (Lipinski definition) is 2. The fourth-order valence-corrected chi connectivity index (χ4v) is 5.11. The molecule has 3 N–H and O–H groups in total. The molecule has 2 aromatic heterocycles. The fourth-order valence-electron chi connectivity index (χ4n) is 5.11. The SMILES string of the molecule is C1COC1.C=C(O)c1ccc2nc(CC)n(C)c2c1.CC.CC1CCC(N)CC(Oc2ccnc(COc3ccc(C#N)cc3F)n2)C1. The van der Waals surface area contributed by atoms with Crippen molar-refractivity contribution in [3.63, 3.8) is 0 Å². The van der Waals surface area contributed by atoms with Gasteiger partial charge in [-0.15, -0.1) is 0 Å². The molecule has 3 unspecified atom stereocenters. The molecule has 11 heteroatoms. The second-order valence-electron chi connectivity index (χ2n) is 11.6. The molecule has 48 heavy (non-hydrogen) atoms. The number of aliphatic hydroxyl groups is 1. The molecule has 4 aromatic rings. The summed E-state index contributed by atoms with van der Waals surface area (Å²) in [4.78, 5) is 13.0. The predicted molar refractivity (Wildman–Crippen MR) is 186 cm³/mol. The van der Waals surface area contributed by atoms with Gasteiger partial charge >= 0.3 is 0 Å². The van der Waals surface area contributed by atoms with E-state index in [0.29, 0.717) is 17.6 Å². The number of aromatic nitrogens is 4. The lowest BCUT2D eigenvalue weighted by molar-refractivity contribution is 0.0367. The van der Waals surface area contributed by atoms with Gasteiger partial charge in [0.15, 0.2) is 17.4 Å². The molecule has 2 aliphatic rings. The van der Waals surface area contributed by atoms with Crippen molar-refractivity contribution in [2.75, 3.05) is 13.2 Å². The van der Waals surface area contributed by atoms with Gasteiger partial charge in [0.25, 0.3) is 0 Å². The highest BCUT2D eigenvalue weighted by Crippen LogP contribution is 2.26. The van der Waals surface area contributed by atoms with Crippen molar-refractivity contribution in [2.45, 2.75) is 85.0 Å². The minimum Gasteiger partial charge on any atom is -0.508 e. The van der Waals surface area contributed by atoms with Gasteiger partial charge in [-0.3, -0.25) is 0 Å². The summed E-state index contributed by atoms with van der Waals surface area (Å²) in [7, 11) is 1.98. The summed E-state index contributed by atoms with van der Waals surface area (Å²) < 4.78 is 32.1. The van der Waals surface area contributed by atoms with Crippen molar-refractivity contribution in [1.29, 1.82) is 5.26 Å². The van der Waals surface area contributed by atoms with Crippen LogP contribution in [-0.4, -0.2) is 50.0 Å². The Kier molecular flexibility index (Phi) is 15.3. The fraction of sp³-hybridized carbons (Fsp3) is 0.459. The standard InChI is InChI=1S/C20H23FN4O2.C12H14N2O.C3H6O.C2H6/c1-13-2-4-15(23)10-16(8-13)27-20-6-7-24-19(25-20)12-26-18-5-3-14(11-22)9-17(18)21;1-4-12-13-10-6-5-9(8(2)15)7-11(10)14(12)3;1-2-4-3-1;1-2/h3,5-7,9,13,15-16H,2,4,8,10,12,23H2,1H3;5-7,15H,2,4H2,1,3H3;1-3H2;1-2H3. The highest BCUT2D eigenvalue weighted by atomic mass is 19.1. The normalized spacial score (nSPS) is 18.2. The van der Waals surface area contributed by atoms with Crippen molar-refractivity contribution >= 4 is 16.8 Å². The lowest BCUT2D eigenvalue weighted by Crippen LogP contribution is -2.27. The first-order chi connectivity index (χ1) is 23.2. The van der Waals surface area contributed by atoms with Gasteiger partial charge in [0, 0.05) is 50.6 Å². The highest BCUT2D eigenvalue weighted by Gasteiger charge is 2.23. The van der Waals surface area contributed by atoms with Crippen LogP contribution in [0.1, 0.15) is 82.6 Å². The molecule has 1 aliphatic carbocycles. The van der Waals surface area contributed by atoms with Crippen molar-refractivity contribution in [2.24, 2.45) is 18.7 Å². The summed E-state index contributed by atoms with van der Waals surface area (Å²) >= 11 is 0. The van der Waals surface area contributed by atoms with Crippen LogP contribution < -0.4 is 15.2 Å². The zero-order chi connectivity index (χ0) is 35.1. The number of rotatable bonds is 7. The maximum absolute atomic E-state index is 13.9. The Morgan fingerprint density at radius 3 is 2.50 bits per heavy atom. The summed E-state index contributed by atoms with van der Waals surface area (Å²) in [5.74, 6) is 2.02. The van der Waals surface area contributed by atoms with Gasteiger partial charge in [-0.1, -0.05) is 34.3 Å². The van der Waals surface area contributed by atoms with Crippen LogP contribution in [0.2, 0.25) is 0 Å². The van der Waals surface area contributed by atoms with E-state index in [9.17, 15) is 9.50 Å². The number of halogens is 1.